The average molecular weight is 624 g/mol. The van der Waals surface area contributed by atoms with Gasteiger partial charge in [0.2, 0.25) is 5.91 Å². The van der Waals surface area contributed by atoms with E-state index in [-0.39, 0.29) is 17.9 Å². The predicted molar refractivity (Wildman–Crippen MR) is 182 cm³/mol. The highest BCUT2D eigenvalue weighted by Crippen LogP contribution is 2.32. The molecule has 2 aromatic heterocycles. The lowest BCUT2D eigenvalue weighted by molar-refractivity contribution is -0.128. The molecule has 7 nitrogen and oxygen atoms in total. The Bertz CT molecular complexity index is 1560. The molecule has 3 heterocycles. The van der Waals surface area contributed by atoms with Gasteiger partial charge in [0, 0.05) is 49.7 Å². The zero-order valence-electron chi connectivity index (χ0n) is 26.3. The van der Waals surface area contributed by atoms with Crippen molar-refractivity contribution in [3.8, 4) is 0 Å². The van der Waals surface area contributed by atoms with Gasteiger partial charge in [0.25, 0.3) is 5.91 Å². The zero-order chi connectivity index (χ0) is 31.1. The number of piperazine rings is 1. The number of fused-ring (bicyclic) bond motifs is 1. The number of nitrogens with one attached hydrogen (secondary N) is 2. The van der Waals surface area contributed by atoms with Crippen molar-refractivity contribution in [1.82, 2.24) is 25.4 Å². The van der Waals surface area contributed by atoms with E-state index in [1.54, 1.807) is 0 Å². The molecule has 236 valence electrons. The zero-order valence-corrected chi connectivity index (χ0v) is 27.2. The maximum atomic E-state index is 14.1. The minimum absolute atomic E-state index is 0.00650. The number of hydrogen-bond acceptors (Lipinski definition) is 6. The van der Waals surface area contributed by atoms with Gasteiger partial charge in [0.15, 0.2) is 0 Å². The monoisotopic (exact) mass is 623 g/mol. The van der Waals surface area contributed by atoms with Crippen LogP contribution in [0.3, 0.4) is 0 Å². The fraction of sp³-hybridized carbons (Fsp3) is 0.432. The lowest BCUT2D eigenvalue weighted by atomic mass is 9.94. The summed E-state index contributed by atoms with van der Waals surface area (Å²) in [4.78, 5) is 37.7. The van der Waals surface area contributed by atoms with Gasteiger partial charge >= 0.3 is 0 Å². The second-order valence-electron chi connectivity index (χ2n) is 12.8. The molecule has 4 aromatic rings. The molecule has 0 unspecified atom stereocenters. The van der Waals surface area contributed by atoms with Gasteiger partial charge in [0.1, 0.15) is 5.54 Å². The molecule has 2 aromatic carbocycles. The Morgan fingerprint density at radius 3 is 2.44 bits per heavy atom. The van der Waals surface area contributed by atoms with Crippen molar-refractivity contribution >= 4 is 33.2 Å². The van der Waals surface area contributed by atoms with Crippen LogP contribution in [0, 0.1) is 6.92 Å². The van der Waals surface area contributed by atoms with Crippen molar-refractivity contribution in [2.75, 3.05) is 32.7 Å². The first-order chi connectivity index (χ1) is 22.0. The summed E-state index contributed by atoms with van der Waals surface area (Å²) in [7, 11) is 0. The molecule has 1 atom stereocenters. The quantitative estimate of drug-likeness (QED) is 0.203. The first-order valence-corrected chi connectivity index (χ1v) is 17.3. The van der Waals surface area contributed by atoms with E-state index in [1.165, 1.54) is 22.5 Å². The van der Waals surface area contributed by atoms with Crippen LogP contribution in [-0.4, -0.2) is 70.9 Å². The van der Waals surface area contributed by atoms with E-state index < -0.39 is 5.54 Å². The highest BCUT2D eigenvalue weighted by Gasteiger charge is 2.43. The lowest BCUT2D eigenvalue weighted by Gasteiger charge is -2.35. The van der Waals surface area contributed by atoms with Gasteiger partial charge < -0.3 is 15.5 Å². The molecule has 2 N–H and O–H groups in total. The number of pyridine rings is 1. The molecule has 0 radical (unpaired) electrons. The summed E-state index contributed by atoms with van der Waals surface area (Å²) in [6.07, 6.45) is 7.79. The Kier molecular flexibility index (Phi) is 10.2. The summed E-state index contributed by atoms with van der Waals surface area (Å²) in [5, 5.41) is 7.72. The first-order valence-electron chi connectivity index (χ1n) is 16.5. The van der Waals surface area contributed by atoms with Crippen LogP contribution >= 0.6 is 11.3 Å². The number of carbonyl (C=O) groups is 2. The number of amides is 2. The van der Waals surface area contributed by atoms with Gasteiger partial charge in [0.05, 0.1) is 10.6 Å². The molecule has 2 amide bonds. The molecule has 1 aliphatic carbocycles. The van der Waals surface area contributed by atoms with Crippen LogP contribution in [0.4, 0.5) is 0 Å². The molecule has 2 aliphatic rings. The summed E-state index contributed by atoms with van der Waals surface area (Å²) in [6.45, 7) is 8.18. The summed E-state index contributed by atoms with van der Waals surface area (Å²) in [6, 6.07) is 24.7. The number of thiophene rings is 1. The highest BCUT2D eigenvalue weighted by molar-refractivity contribution is 7.20. The molecular weight excluding hydrogens is 579 g/mol. The van der Waals surface area contributed by atoms with Crippen LogP contribution in [0.5, 0.6) is 0 Å². The van der Waals surface area contributed by atoms with Crippen molar-refractivity contribution in [3.05, 3.63) is 101 Å². The Labute approximate surface area is 271 Å². The Morgan fingerprint density at radius 2 is 1.69 bits per heavy atom. The third-order valence-corrected chi connectivity index (χ3v) is 10.5. The van der Waals surface area contributed by atoms with Gasteiger partial charge in [-0.3, -0.25) is 19.5 Å². The predicted octanol–water partition coefficient (Wildman–Crippen LogP) is 5.97. The van der Waals surface area contributed by atoms with Crippen LogP contribution < -0.4 is 10.6 Å². The van der Waals surface area contributed by atoms with Crippen LogP contribution in [-0.2, 0) is 17.8 Å². The topological polar surface area (TPSA) is 77.6 Å². The smallest absolute Gasteiger partial charge is 0.262 e. The minimum Gasteiger partial charge on any atom is -0.351 e. The number of rotatable bonds is 12. The maximum Gasteiger partial charge on any atom is 0.262 e. The number of carbonyl (C=O) groups excluding carboxylic acids is 2. The summed E-state index contributed by atoms with van der Waals surface area (Å²) in [5.41, 5.74) is 2.66. The molecule has 1 saturated carbocycles. The maximum absolute atomic E-state index is 14.1. The summed E-state index contributed by atoms with van der Waals surface area (Å²) < 4.78 is 1.10. The molecule has 2 fully saturated rings. The number of benzene rings is 2. The van der Waals surface area contributed by atoms with Crippen molar-refractivity contribution in [3.63, 3.8) is 0 Å². The third-order valence-electron chi connectivity index (χ3n) is 9.41. The molecule has 8 heteroatoms. The number of hydrogen-bond donors (Lipinski definition) is 2. The molecule has 6 rings (SSSR count). The Morgan fingerprint density at radius 1 is 0.933 bits per heavy atom. The molecular formula is C37H45N5O2S. The van der Waals surface area contributed by atoms with Crippen molar-refractivity contribution in [2.45, 2.75) is 70.0 Å². The fourth-order valence-corrected chi connectivity index (χ4v) is 7.87. The van der Waals surface area contributed by atoms with Gasteiger partial charge in [-0.1, -0.05) is 61.4 Å². The number of aromatic nitrogens is 1. The van der Waals surface area contributed by atoms with Gasteiger partial charge in [-0.25, -0.2) is 0 Å². The van der Waals surface area contributed by atoms with E-state index in [4.69, 9.17) is 0 Å². The van der Waals surface area contributed by atoms with Crippen molar-refractivity contribution < 1.29 is 9.59 Å². The van der Waals surface area contributed by atoms with E-state index in [2.05, 4.69) is 86.9 Å². The van der Waals surface area contributed by atoms with Gasteiger partial charge in [-0.05, 0) is 86.4 Å². The largest absolute Gasteiger partial charge is 0.351 e. The SMILES string of the molecule is Cc1ccc2cc(C(=O)NC3(C(=O)N[C@@H](CCCN4CCN(Cc5ccccn5)CC4)Cc4ccccc4)CCCC3)sc2c1. The van der Waals surface area contributed by atoms with E-state index in [0.29, 0.717) is 17.7 Å². The average Bonchev–Trinajstić information content (AvgIpc) is 3.71. The highest BCUT2D eigenvalue weighted by atomic mass is 32.1. The summed E-state index contributed by atoms with van der Waals surface area (Å²) in [5.74, 6) is -0.179. The third kappa shape index (κ3) is 8.17. The van der Waals surface area contributed by atoms with Crippen molar-refractivity contribution in [2.24, 2.45) is 0 Å². The second-order valence-corrected chi connectivity index (χ2v) is 13.9. The molecule has 45 heavy (non-hydrogen) atoms. The number of nitrogens with zero attached hydrogens (tertiary/aromatic N) is 3. The van der Waals surface area contributed by atoms with Crippen molar-refractivity contribution in [1.29, 1.82) is 0 Å². The Hall–Kier alpha value is -3.59. The number of aryl methyl sites for hydroxylation is 1. The molecule has 0 spiro atoms. The Balaban J connectivity index is 1.06. The van der Waals surface area contributed by atoms with Gasteiger partial charge in [-0.2, -0.15) is 0 Å². The van der Waals surface area contributed by atoms with Crippen LogP contribution in [0.25, 0.3) is 10.1 Å². The van der Waals surface area contributed by atoms with Crippen LogP contribution in [0.2, 0.25) is 0 Å². The van der Waals surface area contributed by atoms with E-state index in [9.17, 15) is 9.59 Å². The first kappa shape index (κ1) is 31.4. The minimum atomic E-state index is -0.859. The second kappa shape index (κ2) is 14.7. The molecule has 1 saturated heterocycles. The normalized spacial score (nSPS) is 17.7. The van der Waals surface area contributed by atoms with Gasteiger partial charge in [-0.15, -0.1) is 11.3 Å². The van der Waals surface area contributed by atoms with E-state index in [1.807, 2.05) is 24.4 Å². The lowest BCUT2D eigenvalue weighted by Crippen LogP contribution is -2.59. The fourth-order valence-electron chi connectivity index (χ4n) is 6.82. The molecule has 0 bridgehead atoms. The standard InChI is InChI=1S/C37H45N5O2S/c1-28-14-15-30-26-34(45-33(30)24-28)35(43)40-37(16-6-7-17-37)36(44)39-31(25-29-10-3-2-4-11-29)13-9-19-41-20-22-42(23-21-41)27-32-12-5-8-18-38-32/h2-5,8,10-12,14-15,18,24,26,31H,6-7,9,13,16-17,19-23,25,27H2,1H3,(H,39,44)(H,40,43)/t31-/m0/s1. The summed E-state index contributed by atoms with van der Waals surface area (Å²) >= 11 is 1.50. The van der Waals surface area contributed by atoms with Crippen LogP contribution in [0.15, 0.2) is 79.0 Å². The van der Waals surface area contributed by atoms with E-state index in [0.717, 1.165) is 87.2 Å². The van der Waals surface area contributed by atoms with E-state index >= 15 is 0 Å². The molecule has 1 aliphatic heterocycles. The van der Waals surface area contributed by atoms with Crippen LogP contribution in [0.1, 0.15) is 65.0 Å².